The highest BCUT2D eigenvalue weighted by Gasteiger charge is 2.13. The van der Waals surface area contributed by atoms with Crippen molar-refractivity contribution in [3.05, 3.63) is 94.8 Å². The van der Waals surface area contributed by atoms with Crippen LogP contribution in [0.4, 0.5) is 5.69 Å². The first-order chi connectivity index (χ1) is 15.7. The molecule has 3 aromatic carbocycles. The summed E-state index contributed by atoms with van der Waals surface area (Å²) >= 11 is 25.1. The fourth-order valence-electron chi connectivity index (χ4n) is 2.77. The summed E-state index contributed by atoms with van der Waals surface area (Å²) in [6, 6.07) is 15.9. The van der Waals surface area contributed by atoms with Crippen molar-refractivity contribution in [2.75, 3.05) is 5.32 Å². The van der Waals surface area contributed by atoms with Gasteiger partial charge < -0.3 is 10.1 Å². The first kappa shape index (κ1) is 25.6. The molecule has 1 N–H and O–H groups in total. The Hall–Kier alpha value is -2.01. The third-order valence-electron chi connectivity index (χ3n) is 4.49. The number of rotatable bonds is 6. The summed E-state index contributed by atoms with van der Waals surface area (Å²) in [6.07, 6.45) is 1.49. The summed E-state index contributed by atoms with van der Waals surface area (Å²) in [5.41, 5.74) is 2.82. The molecule has 0 atom stereocenters. The topological polar surface area (TPSA) is 62.1 Å². The van der Waals surface area contributed by atoms with Crippen molar-refractivity contribution >= 4 is 84.3 Å². The van der Waals surface area contributed by atoms with Gasteiger partial charge in [0.2, 0.25) is 0 Å². The number of hydrogen-bond acceptors (Lipinski definition) is 3. The SMILES string of the molecule is Cc1ccc(NC(=O)/C(C#N)=C\c2cc(Br)c(OCc3ccc(Cl)c(Cl)c3)c(Br)c2)cc1Cl. The minimum Gasteiger partial charge on any atom is -0.487 e. The highest BCUT2D eigenvalue weighted by molar-refractivity contribution is 9.11. The molecule has 0 saturated carbocycles. The predicted molar refractivity (Wildman–Crippen MR) is 141 cm³/mol. The number of nitriles is 1. The Balaban J connectivity index is 1.77. The number of carbonyl (C=O) groups is 1. The van der Waals surface area contributed by atoms with E-state index in [0.717, 1.165) is 11.1 Å². The van der Waals surface area contributed by atoms with Gasteiger partial charge >= 0.3 is 0 Å². The van der Waals surface area contributed by atoms with E-state index in [0.29, 0.717) is 41.0 Å². The molecule has 4 nitrogen and oxygen atoms in total. The second-order valence-electron chi connectivity index (χ2n) is 6.94. The van der Waals surface area contributed by atoms with E-state index < -0.39 is 5.91 Å². The largest absolute Gasteiger partial charge is 0.487 e. The fourth-order valence-corrected chi connectivity index (χ4v) is 4.72. The average molecular weight is 630 g/mol. The van der Waals surface area contributed by atoms with Crippen molar-refractivity contribution in [1.82, 2.24) is 0 Å². The molecule has 0 unspecified atom stereocenters. The van der Waals surface area contributed by atoms with Gasteiger partial charge in [-0.05, 0) is 97.9 Å². The standard InChI is InChI=1S/C24H15Br2Cl3N2O2/c1-13-2-4-17(10-21(13)28)31-24(32)16(11-30)6-15-7-18(25)23(19(26)8-15)33-12-14-3-5-20(27)22(29)9-14/h2-10H,12H2,1H3,(H,31,32)/b16-6-. The lowest BCUT2D eigenvalue weighted by Crippen LogP contribution is -2.13. The number of carbonyl (C=O) groups excluding carboxylic acids is 1. The Morgan fingerprint density at radius 2 is 1.73 bits per heavy atom. The zero-order chi connectivity index (χ0) is 24.1. The molecule has 0 aliphatic rings. The van der Waals surface area contributed by atoms with Crippen LogP contribution in [0.2, 0.25) is 15.1 Å². The molecular formula is C24H15Br2Cl3N2O2. The summed E-state index contributed by atoms with van der Waals surface area (Å²) in [5, 5.41) is 13.6. The van der Waals surface area contributed by atoms with Gasteiger partial charge in [0.15, 0.2) is 0 Å². The van der Waals surface area contributed by atoms with Gasteiger partial charge in [0.1, 0.15) is 24.0 Å². The molecule has 0 aromatic heterocycles. The van der Waals surface area contributed by atoms with Gasteiger partial charge in [-0.25, -0.2) is 0 Å². The van der Waals surface area contributed by atoms with Crippen LogP contribution >= 0.6 is 66.7 Å². The van der Waals surface area contributed by atoms with E-state index in [4.69, 9.17) is 39.5 Å². The minimum atomic E-state index is -0.537. The number of aryl methyl sites for hydroxylation is 1. The molecule has 0 bridgehead atoms. The van der Waals surface area contributed by atoms with Crippen LogP contribution in [0.25, 0.3) is 6.08 Å². The van der Waals surface area contributed by atoms with Crippen LogP contribution < -0.4 is 10.1 Å². The number of ether oxygens (including phenoxy) is 1. The first-order valence-corrected chi connectivity index (χ1v) is 12.1. The van der Waals surface area contributed by atoms with Crippen molar-refractivity contribution < 1.29 is 9.53 Å². The molecule has 0 spiro atoms. The zero-order valence-electron chi connectivity index (χ0n) is 17.1. The molecule has 168 valence electrons. The molecule has 0 heterocycles. The van der Waals surface area contributed by atoms with E-state index >= 15 is 0 Å². The number of hydrogen-bond donors (Lipinski definition) is 1. The quantitative estimate of drug-likeness (QED) is 0.220. The smallest absolute Gasteiger partial charge is 0.266 e. The van der Waals surface area contributed by atoms with Gasteiger partial charge in [0.25, 0.3) is 5.91 Å². The van der Waals surface area contributed by atoms with Gasteiger partial charge in [0, 0.05) is 10.7 Å². The Labute approximate surface area is 223 Å². The van der Waals surface area contributed by atoms with Crippen LogP contribution in [0.15, 0.2) is 63.0 Å². The van der Waals surface area contributed by atoms with Crippen LogP contribution in [-0.2, 0) is 11.4 Å². The number of nitrogens with one attached hydrogen (secondary N) is 1. The molecule has 0 aliphatic heterocycles. The number of nitrogens with zero attached hydrogens (tertiary/aromatic N) is 1. The minimum absolute atomic E-state index is 0.0602. The molecular weight excluding hydrogens is 614 g/mol. The maximum Gasteiger partial charge on any atom is 0.266 e. The Bertz CT molecular complexity index is 1280. The molecule has 0 aliphatic carbocycles. The Morgan fingerprint density at radius 3 is 2.33 bits per heavy atom. The molecule has 9 heteroatoms. The van der Waals surface area contributed by atoms with Gasteiger partial charge in [-0.3, -0.25) is 4.79 Å². The van der Waals surface area contributed by atoms with E-state index in [1.54, 1.807) is 42.5 Å². The van der Waals surface area contributed by atoms with E-state index in [1.165, 1.54) is 6.08 Å². The summed E-state index contributed by atoms with van der Waals surface area (Å²) in [5.74, 6) is 0.0279. The average Bonchev–Trinajstić information content (AvgIpc) is 2.76. The highest BCUT2D eigenvalue weighted by atomic mass is 79.9. The number of amides is 1. The Morgan fingerprint density at radius 1 is 1.03 bits per heavy atom. The van der Waals surface area contributed by atoms with Crippen LogP contribution in [0.5, 0.6) is 5.75 Å². The third kappa shape index (κ3) is 6.75. The van der Waals surface area contributed by atoms with Gasteiger partial charge in [-0.2, -0.15) is 5.26 Å². The second-order valence-corrected chi connectivity index (χ2v) is 9.87. The van der Waals surface area contributed by atoms with Crippen molar-refractivity contribution in [3.8, 4) is 11.8 Å². The van der Waals surface area contributed by atoms with Crippen molar-refractivity contribution in [3.63, 3.8) is 0 Å². The molecule has 33 heavy (non-hydrogen) atoms. The fraction of sp³-hybridized carbons (Fsp3) is 0.0833. The Kier molecular flexibility index (Phi) is 8.86. The van der Waals surface area contributed by atoms with Gasteiger partial charge in [0.05, 0.1) is 19.0 Å². The van der Waals surface area contributed by atoms with Gasteiger partial charge in [-0.1, -0.05) is 46.9 Å². The molecule has 1 amide bonds. The monoisotopic (exact) mass is 626 g/mol. The van der Waals surface area contributed by atoms with Gasteiger partial charge in [-0.15, -0.1) is 0 Å². The maximum absolute atomic E-state index is 12.6. The van der Waals surface area contributed by atoms with E-state index in [1.807, 2.05) is 19.1 Å². The summed E-state index contributed by atoms with van der Waals surface area (Å²) in [6.45, 7) is 2.14. The summed E-state index contributed by atoms with van der Waals surface area (Å²) in [7, 11) is 0. The summed E-state index contributed by atoms with van der Waals surface area (Å²) in [4.78, 5) is 12.6. The first-order valence-electron chi connectivity index (χ1n) is 9.43. The van der Waals surface area contributed by atoms with Crippen LogP contribution in [0, 0.1) is 18.3 Å². The maximum atomic E-state index is 12.6. The van der Waals surface area contributed by atoms with Crippen LogP contribution in [-0.4, -0.2) is 5.91 Å². The zero-order valence-corrected chi connectivity index (χ0v) is 22.5. The molecule has 0 radical (unpaired) electrons. The normalized spacial score (nSPS) is 11.1. The van der Waals surface area contributed by atoms with Crippen molar-refractivity contribution in [2.24, 2.45) is 0 Å². The molecule has 0 fully saturated rings. The van der Waals surface area contributed by atoms with Crippen LogP contribution in [0.3, 0.4) is 0 Å². The van der Waals surface area contributed by atoms with Crippen LogP contribution in [0.1, 0.15) is 16.7 Å². The second kappa shape index (κ2) is 11.4. The molecule has 3 rings (SSSR count). The summed E-state index contributed by atoms with van der Waals surface area (Å²) < 4.78 is 7.20. The number of benzene rings is 3. The number of anilines is 1. The molecule has 3 aromatic rings. The predicted octanol–water partition coefficient (Wildman–Crippen LogP) is 8.60. The van der Waals surface area contributed by atoms with E-state index in [-0.39, 0.29) is 12.2 Å². The molecule has 0 saturated heterocycles. The van der Waals surface area contributed by atoms with E-state index in [2.05, 4.69) is 37.2 Å². The highest BCUT2D eigenvalue weighted by Crippen LogP contribution is 2.36. The van der Waals surface area contributed by atoms with E-state index in [9.17, 15) is 10.1 Å². The van der Waals surface area contributed by atoms with Crippen molar-refractivity contribution in [2.45, 2.75) is 13.5 Å². The lowest BCUT2D eigenvalue weighted by atomic mass is 10.1. The lowest BCUT2D eigenvalue weighted by molar-refractivity contribution is -0.112. The third-order valence-corrected chi connectivity index (χ3v) is 6.82. The lowest BCUT2D eigenvalue weighted by Gasteiger charge is -2.12. The van der Waals surface area contributed by atoms with Crippen molar-refractivity contribution in [1.29, 1.82) is 5.26 Å². The number of halogens is 5.